The number of nitrogens with zero attached hydrogens (tertiary/aromatic N) is 2. The maximum absolute atomic E-state index is 12.5. The Morgan fingerprint density at radius 3 is 2.70 bits per heavy atom. The molecule has 0 saturated heterocycles. The number of rotatable bonds is 5. The normalized spacial score (nSPS) is 11.1. The monoisotopic (exact) mass is 314 g/mol. The van der Waals surface area contributed by atoms with Crippen molar-refractivity contribution >= 4 is 12.1 Å². The number of carbonyl (C=O) groups is 1. The first kappa shape index (κ1) is 16.7. The average Bonchev–Trinajstić information content (AvgIpc) is 2.78. The summed E-state index contributed by atoms with van der Waals surface area (Å²) < 4.78 is 1.48. The van der Waals surface area contributed by atoms with Crippen molar-refractivity contribution in [2.45, 2.75) is 40.5 Å². The molecule has 2 N–H and O–H groups in total. The number of hydrazone groups is 1. The quantitative estimate of drug-likeness (QED) is 0.656. The van der Waals surface area contributed by atoms with Crippen LogP contribution in [0, 0.1) is 20.8 Å². The van der Waals surface area contributed by atoms with Crippen molar-refractivity contribution in [3.05, 3.63) is 50.9 Å². The number of benzene rings is 1. The molecule has 6 heteroatoms. The van der Waals surface area contributed by atoms with Crippen LogP contribution in [0.15, 0.2) is 28.1 Å². The highest BCUT2D eigenvalue weighted by Crippen LogP contribution is 2.12. The lowest BCUT2D eigenvalue weighted by Crippen LogP contribution is -2.20. The summed E-state index contributed by atoms with van der Waals surface area (Å²) >= 11 is 0. The summed E-state index contributed by atoms with van der Waals surface area (Å²) in [7, 11) is 0. The Balaban J connectivity index is 2.29. The van der Waals surface area contributed by atoms with E-state index in [1.807, 2.05) is 39.0 Å². The van der Waals surface area contributed by atoms with E-state index in [-0.39, 0.29) is 11.5 Å². The lowest BCUT2D eigenvalue weighted by atomic mass is 10.1. The zero-order valence-electron chi connectivity index (χ0n) is 13.9. The second-order valence-corrected chi connectivity index (χ2v) is 5.60. The zero-order valence-corrected chi connectivity index (χ0v) is 13.9. The summed E-state index contributed by atoms with van der Waals surface area (Å²) in [4.78, 5) is 23.9. The Labute approximate surface area is 135 Å². The van der Waals surface area contributed by atoms with E-state index in [2.05, 4.69) is 15.6 Å². The van der Waals surface area contributed by atoms with Gasteiger partial charge in [-0.2, -0.15) is 5.10 Å². The molecular formula is C17H22N4O2. The van der Waals surface area contributed by atoms with Gasteiger partial charge in [-0.05, 0) is 50.5 Å². The number of aromatic amines is 1. The van der Waals surface area contributed by atoms with Crippen molar-refractivity contribution < 1.29 is 4.79 Å². The van der Waals surface area contributed by atoms with Crippen LogP contribution in [0.25, 0.3) is 5.69 Å². The van der Waals surface area contributed by atoms with Crippen LogP contribution in [0.5, 0.6) is 0 Å². The molecule has 0 saturated carbocycles. The predicted molar refractivity (Wildman–Crippen MR) is 91.2 cm³/mol. The second-order valence-electron chi connectivity index (χ2n) is 5.60. The Hall–Kier alpha value is -2.63. The molecule has 0 aliphatic heterocycles. The van der Waals surface area contributed by atoms with Crippen molar-refractivity contribution in [1.29, 1.82) is 0 Å². The summed E-state index contributed by atoms with van der Waals surface area (Å²) in [6, 6.07) is 5.83. The smallest absolute Gasteiger partial charge is 0.280 e. The Kier molecular flexibility index (Phi) is 5.16. The van der Waals surface area contributed by atoms with Crippen molar-refractivity contribution in [2.24, 2.45) is 5.10 Å². The zero-order chi connectivity index (χ0) is 17.0. The van der Waals surface area contributed by atoms with Gasteiger partial charge in [0.2, 0.25) is 5.91 Å². The second kappa shape index (κ2) is 7.09. The van der Waals surface area contributed by atoms with Crippen LogP contribution < -0.4 is 11.0 Å². The molecule has 1 heterocycles. The number of hydrogen-bond acceptors (Lipinski definition) is 3. The van der Waals surface area contributed by atoms with Gasteiger partial charge in [-0.3, -0.25) is 14.7 Å². The van der Waals surface area contributed by atoms with Crippen LogP contribution in [0.2, 0.25) is 0 Å². The van der Waals surface area contributed by atoms with Crippen LogP contribution in [0.3, 0.4) is 0 Å². The van der Waals surface area contributed by atoms with Crippen LogP contribution in [-0.2, 0) is 4.79 Å². The molecular weight excluding hydrogens is 292 g/mol. The molecule has 1 aromatic carbocycles. The maximum atomic E-state index is 12.5. The fourth-order valence-electron chi connectivity index (χ4n) is 2.21. The number of carbonyl (C=O) groups excluding carboxylic acids is 1. The lowest BCUT2D eigenvalue weighted by Gasteiger charge is -2.05. The third-order valence-corrected chi connectivity index (χ3v) is 3.73. The molecule has 6 nitrogen and oxygen atoms in total. The molecule has 0 fully saturated rings. The highest BCUT2D eigenvalue weighted by Gasteiger charge is 2.11. The minimum atomic E-state index is -0.195. The summed E-state index contributed by atoms with van der Waals surface area (Å²) in [6.45, 7) is 7.75. The molecule has 122 valence electrons. The number of nitrogens with one attached hydrogen (secondary N) is 2. The number of amides is 1. The molecule has 0 atom stereocenters. The van der Waals surface area contributed by atoms with Crippen molar-refractivity contribution in [1.82, 2.24) is 15.2 Å². The van der Waals surface area contributed by atoms with Gasteiger partial charge in [0.25, 0.3) is 5.56 Å². The van der Waals surface area contributed by atoms with Crippen LogP contribution in [0.1, 0.15) is 42.1 Å². The maximum Gasteiger partial charge on any atom is 0.280 e. The van der Waals surface area contributed by atoms with Gasteiger partial charge in [0.1, 0.15) is 0 Å². The third-order valence-electron chi connectivity index (χ3n) is 3.73. The SMILES string of the molecule is CCCC(=O)N/N=C/c1c(C)[nH]n(-c2ccc(C)c(C)c2)c1=O. The van der Waals surface area contributed by atoms with E-state index in [9.17, 15) is 9.59 Å². The standard InChI is InChI=1S/C17H22N4O2/c1-5-6-16(22)19-18-10-15-13(4)20-21(17(15)23)14-8-7-11(2)12(3)9-14/h7-10,20H,5-6H2,1-4H3,(H,19,22)/b18-10+. The first-order valence-corrected chi connectivity index (χ1v) is 7.65. The van der Waals surface area contributed by atoms with E-state index in [1.54, 1.807) is 6.92 Å². The molecule has 0 aliphatic rings. The fraction of sp³-hybridized carbons (Fsp3) is 0.353. The molecule has 1 aromatic heterocycles. The van der Waals surface area contributed by atoms with Crippen molar-refractivity contribution in [2.75, 3.05) is 0 Å². The molecule has 0 unspecified atom stereocenters. The third kappa shape index (κ3) is 3.77. The van der Waals surface area contributed by atoms with Gasteiger partial charge in [-0.25, -0.2) is 10.1 Å². The molecule has 0 bridgehead atoms. The van der Waals surface area contributed by atoms with E-state index in [1.165, 1.54) is 16.5 Å². The lowest BCUT2D eigenvalue weighted by molar-refractivity contribution is -0.121. The highest BCUT2D eigenvalue weighted by molar-refractivity contribution is 5.83. The van der Waals surface area contributed by atoms with Crippen molar-refractivity contribution in [3.8, 4) is 5.69 Å². The van der Waals surface area contributed by atoms with Gasteiger partial charge in [0, 0.05) is 12.1 Å². The first-order chi connectivity index (χ1) is 10.9. The van der Waals surface area contributed by atoms with Crippen molar-refractivity contribution in [3.63, 3.8) is 0 Å². The van der Waals surface area contributed by atoms with Gasteiger partial charge >= 0.3 is 0 Å². The molecule has 0 spiro atoms. The number of aromatic nitrogens is 2. The van der Waals surface area contributed by atoms with E-state index in [0.29, 0.717) is 17.7 Å². The Morgan fingerprint density at radius 2 is 2.04 bits per heavy atom. The summed E-state index contributed by atoms with van der Waals surface area (Å²) in [5, 5.41) is 6.90. The van der Waals surface area contributed by atoms with Gasteiger partial charge < -0.3 is 0 Å². The molecule has 2 rings (SSSR count). The van der Waals surface area contributed by atoms with Crippen LogP contribution in [0.4, 0.5) is 0 Å². The average molecular weight is 314 g/mol. The number of aryl methyl sites for hydroxylation is 3. The highest BCUT2D eigenvalue weighted by atomic mass is 16.2. The summed E-state index contributed by atoms with van der Waals surface area (Å²) in [6.07, 6.45) is 2.56. The van der Waals surface area contributed by atoms with Crippen LogP contribution >= 0.6 is 0 Å². The van der Waals surface area contributed by atoms with Crippen LogP contribution in [-0.4, -0.2) is 21.9 Å². The molecule has 1 amide bonds. The molecule has 23 heavy (non-hydrogen) atoms. The predicted octanol–water partition coefficient (Wildman–Crippen LogP) is 2.34. The topological polar surface area (TPSA) is 79.2 Å². The largest absolute Gasteiger partial charge is 0.295 e. The summed E-state index contributed by atoms with van der Waals surface area (Å²) in [5.74, 6) is -0.161. The van der Waals surface area contributed by atoms with Gasteiger partial charge in [0.15, 0.2) is 0 Å². The first-order valence-electron chi connectivity index (χ1n) is 7.65. The number of H-pyrrole nitrogens is 1. The molecule has 0 radical (unpaired) electrons. The van der Waals surface area contributed by atoms with Gasteiger partial charge in [-0.1, -0.05) is 13.0 Å². The van der Waals surface area contributed by atoms with E-state index in [0.717, 1.165) is 17.7 Å². The van der Waals surface area contributed by atoms with Gasteiger partial charge in [-0.15, -0.1) is 0 Å². The summed E-state index contributed by atoms with van der Waals surface area (Å²) in [5.41, 5.74) is 6.41. The Morgan fingerprint density at radius 1 is 1.30 bits per heavy atom. The fourth-order valence-corrected chi connectivity index (χ4v) is 2.21. The Bertz CT molecular complexity index is 799. The molecule has 2 aromatic rings. The van der Waals surface area contributed by atoms with Gasteiger partial charge in [0.05, 0.1) is 17.5 Å². The molecule has 0 aliphatic carbocycles. The van der Waals surface area contributed by atoms with E-state index in [4.69, 9.17) is 0 Å². The number of hydrogen-bond donors (Lipinski definition) is 2. The minimum absolute atomic E-state index is 0.161. The van der Waals surface area contributed by atoms with E-state index < -0.39 is 0 Å². The minimum Gasteiger partial charge on any atom is -0.295 e. The van der Waals surface area contributed by atoms with E-state index >= 15 is 0 Å².